The first-order valence-electron chi connectivity index (χ1n) is 20.4. The van der Waals surface area contributed by atoms with Crippen LogP contribution in [0.5, 0.6) is 0 Å². The first kappa shape index (κ1) is 33.9. The lowest BCUT2D eigenvalue weighted by molar-refractivity contribution is 0.617. The zero-order chi connectivity index (χ0) is 39.6. The van der Waals surface area contributed by atoms with E-state index in [9.17, 15) is 0 Å². The summed E-state index contributed by atoms with van der Waals surface area (Å²) in [4.78, 5) is 7.23. The SMILES string of the molecule is CC1(C)c2ccccc2-c2cc(N(c3ccc(-c4ccc5c(c4)oc4cc6oc(-c7ccccc7)nc6cc45)cc3)c3ccc4c(c3)C(C)(C)c3ccccc3-4)ccc21. The van der Waals surface area contributed by atoms with E-state index in [1.165, 1.54) is 44.5 Å². The zero-order valence-corrected chi connectivity index (χ0v) is 33.4. The van der Waals surface area contributed by atoms with Crippen LogP contribution in [0.4, 0.5) is 17.1 Å². The molecule has 0 spiro atoms. The van der Waals surface area contributed by atoms with E-state index in [0.717, 1.165) is 61.2 Å². The van der Waals surface area contributed by atoms with Crippen LogP contribution in [0.1, 0.15) is 49.9 Å². The molecule has 0 bridgehead atoms. The van der Waals surface area contributed by atoms with E-state index in [4.69, 9.17) is 13.8 Å². The predicted octanol–water partition coefficient (Wildman–Crippen LogP) is 15.1. The molecule has 2 heterocycles. The van der Waals surface area contributed by atoms with Gasteiger partial charge >= 0.3 is 0 Å². The maximum Gasteiger partial charge on any atom is 0.227 e. The molecule has 8 aromatic carbocycles. The van der Waals surface area contributed by atoms with Gasteiger partial charge in [-0.2, -0.15) is 0 Å². The molecule has 2 aromatic heterocycles. The number of nitrogens with zero attached hydrogens (tertiary/aromatic N) is 2. The quantitative estimate of drug-likeness (QED) is 0.175. The lowest BCUT2D eigenvalue weighted by Crippen LogP contribution is -2.17. The molecular weight excluding hydrogens is 721 g/mol. The summed E-state index contributed by atoms with van der Waals surface area (Å²) < 4.78 is 12.6. The van der Waals surface area contributed by atoms with Gasteiger partial charge in [-0.15, -0.1) is 0 Å². The fourth-order valence-electron chi connectivity index (χ4n) is 10.0. The Labute approximate surface area is 343 Å². The third-order valence-corrected chi connectivity index (χ3v) is 13.1. The first-order valence-corrected chi connectivity index (χ1v) is 20.4. The number of aromatic nitrogens is 1. The molecular formula is C55H40N2O2. The Morgan fingerprint density at radius 1 is 0.390 bits per heavy atom. The van der Waals surface area contributed by atoms with Gasteiger partial charge in [-0.1, -0.05) is 125 Å². The summed E-state index contributed by atoms with van der Waals surface area (Å²) in [5, 5.41) is 2.08. The van der Waals surface area contributed by atoms with Gasteiger partial charge in [-0.3, -0.25) is 0 Å². The van der Waals surface area contributed by atoms with Crippen LogP contribution in [0, 0.1) is 0 Å². The topological polar surface area (TPSA) is 42.4 Å². The predicted molar refractivity (Wildman–Crippen MR) is 242 cm³/mol. The highest BCUT2D eigenvalue weighted by Gasteiger charge is 2.37. The molecule has 0 saturated carbocycles. The van der Waals surface area contributed by atoms with Gasteiger partial charge in [0.15, 0.2) is 5.58 Å². The van der Waals surface area contributed by atoms with Crippen LogP contribution >= 0.6 is 0 Å². The smallest absolute Gasteiger partial charge is 0.227 e. The summed E-state index contributed by atoms with van der Waals surface area (Å²) in [7, 11) is 0. The van der Waals surface area contributed by atoms with E-state index >= 15 is 0 Å². The van der Waals surface area contributed by atoms with Crippen LogP contribution in [-0.2, 0) is 10.8 Å². The van der Waals surface area contributed by atoms with Gasteiger partial charge < -0.3 is 13.7 Å². The minimum absolute atomic E-state index is 0.0606. The number of oxazole rings is 1. The van der Waals surface area contributed by atoms with E-state index < -0.39 is 0 Å². The van der Waals surface area contributed by atoms with Crippen molar-refractivity contribution in [1.29, 1.82) is 0 Å². The molecule has 282 valence electrons. The average molecular weight is 761 g/mol. The molecule has 0 amide bonds. The second-order valence-corrected chi connectivity index (χ2v) is 17.2. The fourth-order valence-corrected chi connectivity index (χ4v) is 10.0. The summed E-state index contributed by atoms with van der Waals surface area (Å²) >= 11 is 0. The number of furan rings is 1. The Morgan fingerprint density at radius 3 is 1.76 bits per heavy atom. The van der Waals surface area contributed by atoms with Crippen molar-refractivity contribution < 1.29 is 8.83 Å². The van der Waals surface area contributed by atoms with Gasteiger partial charge in [0, 0.05) is 50.3 Å². The van der Waals surface area contributed by atoms with E-state index in [1.807, 2.05) is 36.4 Å². The van der Waals surface area contributed by atoms with Crippen LogP contribution in [0.3, 0.4) is 0 Å². The normalized spacial score (nSPS) is 14.4. The minimum Gasteiger partial charge on any atom is -0.456 e. The maximum atomic E-state index is 6.47. The lowest BCUT2D eigenvalue weighted by atomic mass is 9.82. The van der Waals surface area contributed by atoms with Crippen molar-refractivity contribution in [1.82, 2.24) is 4.98 Å². The molecule has 0 unspecified atom stereocenters. The summed E-state index contributed by atoms with van der Waals surface area (Å²) in [5.41, 5.74) is 20.3. The summed E-state index contributed by atoms with van der Waals surface area (Å²) in [6.07, 6.45) is 0. The van der Waals surface area contributed by atoms with Crippen molar-refractivity contribution in [3.63, 3.8) is 0 Å². The van der Waals surface area contributed by atoms with Gasteiger partial charge in [0.05, 0.1) is 0 Å². The molecule has 0 N–H and O–H groups in total. The highest BCUT2D eigenvalue weighted by Crippen LogP contribution is 2.53. The summed E-state index contributed by atoms with van der Waals surface area (Å²) in [6, 6.07) is 61.3. The first-order chi connectivity index (χ1) is 28.7. The van der Waals surface area contributed by atoms with Gasteiger partial charge in [0.25, 0.3) is 0 Å². The molecule has 2 aliphatic carbocycles. The van der Waals surface area contributed by atoms with Crippen molar-refractivity contribution in [2.45, 2.75) is 38.5 Å². The Hall–Kier alpha value is -7.17. The molecule has 10 aromatic rings. The zero-order valence-electron chi connectivity index (χ0n) is 33.4. The number of fused-ring (bicyclic) bond motifs is 10. The van der Waals surface area contributed by atoms with E-state index in [1.54, 1.807) is 0 Å². The average Bonchev–Trinajstić information content (AvgIpc) is 3.97. The van der Waals surface area contributed by atoms with E-state index in [-0.39, 0.29) is 10.8 Å². The monoisotopic (exact) mass is 760 g/mol. The van der Waals surface area contributed by atoms with E-state index in [2.05, 4.69) is 166 Å². The number of rotatable bonds is 5. The molecule has 0 fully saturated rings. The van der Waals surface area contributed by atoms with Crippen molar-refractivity contribution in [2.24, 2.45) is 0 Å². The molecule has 12 rings (SSSR count). The third-order valence-electron chi connectivity index (χ3n) is 13.1. The Morgan fingerprint density at radius 2 is 0.983 bits per heavy atom. The number of anilines is 3. The van der Waals surface area contributed by atoms with Crippen LogP contribution in [0.2, 0.25) is 0 Å². The van der Waals surface area contributed by atoms with Crippen LogP contribution in [0.25, 0.3) is 77.9 Å². The van der Waals surface area contributed by atoms with Crippen LogP contribution in [-0.4, -0.2) is 4.98 Å². The maximum absolute atomic E-state index is 6.47. The van der Waals surface area contributed by atoms with Gasteiger partial charge in [-0.05, 0) is 122 Å². The molecule has 0 atom stereocenters. The number of benzene rings is 8. The Kier molecular flexibility index (Phi) is 7.00. The van der Waals surface area contributed by atoms with E-state index in [0.29, 0.717) is 11.5 Å². The molecule has 4 heteroatoms. The highest BCUT2D eigenvalue weighted by atomic mass is 16.4. The molecule has 0 aliphatic heterocycles. The lowest BCUT2D eigenvalue weighted by Gasteiger charge is -2.29. The highest BCUT2D eigenvalue weighted by molar-refractivity contribution is 6.09. The Balaban J connectivity index is 0.945. The summed E-state index contributed by atoms with van der Waals surface area (Å²) in [6.45, 7) is 9.38. The van der Waals surface area contributed by atoms with Crippen molar-refractivity contribution in [3.8, 4) is 44.8 Å². The van der Waals surface area contributed by atoms with Crippen LogP contribution < -0.4 is 4.90 Å². The summed E-state index contributed by atoms with van der Waals surface area (Å²) in [5.74, 6) is 0.609. The van der Waals surface area contributed by atoms with Gasteiger partial charge in [-0.25, -0.2) is 4.98 Å². The van der Waals surface area contributed by atoms with Gasteiger partial charge in [0.2, 0.25) is 5.89 Å². The molecule has 0 radical (unpaired) electrons. The van der Waals surface area contributed by atoms with Crippen molar-refractivity contribution in [3.05, 3.63) is 192 Å². The van der Waals surface area contributed by atoms with Crippen molar-refractivity contribution >= 4 is 50.1 Å². The third kappa shape index (κ3) is 4.99. The van der Waals surface area contributed by atoms with Crippen LogP contribution in [0.15, 0.2) is 179 Å². The second kappa shape index (κ2) is 12.2. The number of hydrogen-bond acceptors (Lipinski definition) is 4. The Bertz CT molecular complexity index is 3330. The number of hydrogen-bond donors (Lipinski definition) is 0. The van der Waals surface area contributed by atoms with Gasteiger partial charge in [0.1, 0.15) is 16.7 Å². The minimum atomic E-state index is -0.112. The second-order valence-electron chi connectivity index (χ2n) is 17.2. The van der Waals surface area contributed by atoms with Crippen molar-refractivity contribution in [2.75, 3.05) is 4.90 Å². The fraction of sp³-hybridized carbons (Fsp3) is 0.109. The molecule has 4 nitrogen and oxygen atoms in total. The largest absolute Gasteiger partial charge is 0.456 e. The molecule has 59 heavy (non-hydrogen) atoms. The molecule has 2 aliphatic rings. The standard InChI is InChI=1S/C55H40N2O2/c1-54(2)46-17-11-9-15-40(46)43-29-37(24-27-47(43)54)57(38-23-26-41-39-14-8-10-16-45(39)55(3,4)48(41)30-38)36-21-18-33(19-22-36)35-20-25-42-44-31-49-52(32-51(44)58-50(42)28-35)59-53(56-49)34-12-6-5-7-13-34/h5-32H,1-4H3. The molecule has 0 saturated heterocycles.